The molecule has 152 valence electrons. The number of ether oxygens (including phenoxy) is 1. The van der Waals surface area contributed by atoms with Gasteiger partial charge in [-0.25, -0.2) is 0 Å². The van der Waals surface area contributed by atoms with E-state index in [1.165, 1.54) is 24.8 Å². The molecule has 5 heteroatoms. The number of carboxylic acids is 1. The number of aryl methyl sites for hydroxylation is 1. The molecule has 0 saturated carbocycles. The second-order valence-corrected chi connectivity index (χ2v) is 7.78. The van der Waals surface area contributed by atoms with E-state index in [0.29, 0.717) is 0 Å². The minimum Gasteiger partial charge on any atom is -0.488 e. The number of nitrogens with zero attached hydrogens (tertiary/aromatic N) is 2. The zero-order valence-electron chi connectivity index (χ0n) is 16.9. The molecule has 0 unspecified atom stereocenters. The summed E-state index contributed by atoms with van der Waals surface area (Å²) in [4.78, 5) is 17.6. The molecule has 0 aliphatic carbocycles. The van der Waals surface area contributed by atoms with Crippen LogP contribution in [0.25, 0.3) is 10.9 Å². The summed E-state index contributed by atoms with van der Waals surface area (Å²) in [6.07, 6.45) is 9.71. The van der Waals surface area contributed by atoms with Crippen LogP contribution in [0.1, 0.15) is 57.4 Å². The summed E-state index contributed by atoms with van der Waals surface area (Å²) in [7, 11) is 0. The van der Waals surface area contributed by atoms with Gasteiger partial charge in [-0.3, -0.25) is 9.78 Å². The van der Waals surface area contributed by atoms with Gasteiger partial charge in [0.15, 0.2) is 0 Å². The molecular weight excluding hydrogens is 352 g/mol. The van der Waals surface area contributed by atoms with Gasteiger partial charge in [0, 0.05) is 31.1 Å². The molecule has 1 aliphatic rings. The quantitative estimate of drug-likeness (QED) is 0.603. The van der Waals surface area contributed by atoms with Gasteiger partial charge in [0.25, 0.3) is 0 Å². The Morgan fingerprint density at radius 3 is 2.82 bits per heavy atom. The summed E-state index contributed by atoms with van der Waals surface area (Å²) in [5.74, 6) is 0.199. The topological polar surface area (TPSA) is 62.7 Å². The molecule has 0 radical (unpaired) electrons. The molecule has 0 bridgehead atoms. The van der Waals surface area contributed by atoms with Crippen molar-refractivity contribution in [1.29, 1.82) is 0 Å². The number of fused-ring (bicyclic) bond motifs is 1. The van der Waals surface area contributed by atoms with Gasteiger partial charge in [0.2, 0.25) is 0 Å². The van der Waals surface area contributed by atoms with Gasteiger partial charge in [0.1, 0.15) is 17.4 Å². The lowest BCUT2D eigenvalue weighted by molar-refractivity contribution is -0.137. The lowest BCUT2D eigenvalue weighted by Gasteiger charge is -2.32. The number of aliphatic carboxylic acids is 1. The first-order valence-electron chi connectivity index (χ1n) is 10.6. The number of aromatic nitrogens is 1. The van der Waals surface area contributed by atoms with E-state index >= 15 is 0 Å². The molecule has 0 atom stereocenters. The third-order valence-electron chi connectivity index (χ3n) is 5.49. The first kappa shape index (κ1) is 20.6. The molecule has 1 N–H and O–H groups in total. The number of hydrogen-bond donors (Lipinski definition) is 1. The first-order chi connectivity index (χ1) is 13.7. The molecule has 1 aromatic carbocycles. The summed E-state index contributed by atoms with van der Waals surface area (Å²) in [6, 6.07) is 8.53. The van der Waals surface area contributed by atoms with Crippen molar-refractivity contribution in [3.05, 3.63) is 36.0 Å². The molecule has 1 aromatic heterocycles. The molecule has 2 aromatic rings. The van der Waals surface area contributed by atoms with Gasteiger partial charge < -0.3 is 14.7 Å². The normalized spacial score (nSPS) is 15.8. The van der Waals surface area contributed by atoms with E-state index in [1.807, 2.05) is 12.3 Å². The van der Waals surface area contributed by atoms with Crippen LogP contribution in [0.3, 0.4) is 0 Å². The molecule has 1 aliphatic heterocycles. The van der Waals surface area contributed by atoms with Gasteiger partial charge in [-0.2, -0.15) is 0 Å². The van der Waals surface area contributed by atoms with Crippen molar-refractivity contribution in [1.82, 2.24) is 9.88 Å². The second-order valence-electron chi connectivity index (χ2n) is 7.78. The van der Waals surface area contributed by atoms with Crippen LogP contribution in [0.4, 0.5) is 0 Å². The fraction of sp³-hybridized carbons (Fsp3) is 0.565. The Labute approximate surface area is 167 Å². The van der Waals surface area contributed by atoms with E-state index in [2.05, 4.69) is 35.0 Å². The minimum absolute atomic E-state index is 0.201. The van der Waals surface area contributed by atoms with Gasteiger partial charge >= 0.3 is 5.97 Å². The average molecular weight is 385 g/mol. The van der Waals surface area contributed by atoms with E-state index in [-0.39, 0.29) is 12.5 Å². The van der Waals surface area contributed by atoms with E-state index in [0.717, 1.165) is 62.0 Å². The summed E-state index contributed by atoms with van der Waals surface area (Å²) >= 11 is 0. The predicted octanol–water partition coefficient (Wildman–Crippen LogP) is 4.68. The standard InChI is InChI=1S/C23H32N2O3/c1-2-3-4-7-18-16-19-8-5-12-24-23(19)21(17-18)28-20-10-14-25(15-11-20)13-6-9-22(26)27/h5,8,12,16-17,20H,2-4,6-7,9-11,13-15H2,1H3,(H,26,27). The molecule has 0 amide bonds. The molecular formula is C23H32N2O3. The largest absolute Gasteiger partial charge is 0.488 e. The number of pyridine rings is 1. The smallest absolute Gasteiger partial charge is 0.303 e. The minimum atomic E-state index is -0.712. The Morgan fingerprint density at radius 1 is 1.25 bits per heavy atom. The number of rotatable bonds is 10. The fourth-order valence-electron chi connectivity index (χ4n) is 3.92. The molecule has 28 heavy (non-hydrogen) atoms. The number of likely N-dealkylation sites (tertiary alicyclic amines) is 1. The molecule has 0 spiro atoms. The SMILES string of the molecule is CCCCCc1cc(OC2CCN(CCCC(=O)O)CC2)c2ncccc2c1. The van der Waals surface area contributed by atoms with Gasteiger partial charge in [0.05, 0.1) is 0 Å². The van der Waals surface area contributed by atoms with Crippen LogP contribution >= 0.6 is 0 Å². The lowest BCUT2D eigenvalue weighted by atomic mass is 10.0. The predicted molar refractivity (Wildman–Crippen MR) is 112 cm³/mol. The van der Waals surface area contributed by atoms with E-state index in [4.69, 9.17) is 9.84 Å². The van der Waals surface area contributed by atoms with Crippen molar-refractivity contribution >= 4 is 16.9 Å². The van der Waals surface area contributed by atoms with Crippen molar-refractivity contribution in [2.24, 2.45) is 0 Å². The molecule has 1 fully saturated rings. The summed E-state index contributed by atoms with van der Waals surface area (Å²) in [6.45, 7) is 5.01. The highest BCUT2D eigenvalue weighted by atomic mass is 16.5. The highest BCUT2D eigenvalue weighted by Crippen LogP contribution is 2.29. The number of benzene rings is 1. The summed E-state index contributed by atoms with van der Waals surface area (Å²) < 4.78 is 6.42. The number of hydrogen-bond acceptors (Lipinski definition) is 4. The Balaban J connectivity index is 1.61. The average Bonchev–Trinajstić information content (AvgIpc) is 2.69. The van der Waals surface area contributed by atoms with Crippen LogP contribution in [0.5, 0.6) is 5.75 Å². The monoisotopic (exact) mass is 384 g/mol. The lowest BCUT2D eigenvalue weighted by Crippen LogP contribution is -2.38. The van der Waals surface area contributed by atoms with E-state index < -0.39 is 5.97 Å². The van der Waals surface area contributed by atoms with Crippen molar-refractivity contribution < 1.29 is 14.6 Å². The van der Waals surface area contributed by atoms with Crippen LogP contribution in [0, 0.1) is 0 Å². The van der Waals surface area contributed by atoms with Crippen LogP contribution in [-0.4, -0.2) is 46.7 Å². The van der Waals surface area contributed by atoms with E-state index in [1.54, 1.807) is 0 Å². The molecule has 5 nitrogen and oxygen atoms in total. The Bertz CT molecular complexity index is 770. The maximum absolute atomic E-state index is 10.7. The Kier molecular flexibility index (Phi) is 7.66. The fourth-order valence-corrected chi connectivity index (χ4v) is 3.92. The summed E-state index contributed by atoms with van der Waals surface area (Å²) in [5.41, 5.74) is 2.28. The van der Waals surface area contributed by atoms with Gasteiger partial charge in [-0.05, 0) is 62.4 Å². The molecule has 3 rings (SSSR count). The Morgan fingerprint density at radius 2 is 2.07 bits per heavy atom. The number of carbonyl (C=O) groups is 1. The van der Waals surface area contributed by atoms with Crippen LogP contribution in [0.2, 0.25) is 0 Å². The van der Waals surface area contributed by atoms with Crippen molar-refractivity contribution in [3.63, 3.8) is 0 Å². The molecule has 2 heterocycles. The zero-order chi connectivity index (χ0) is 19.8. The molecule has 1 saturated heterocycles. The third kappa shape index (κ3) is 5.93. The van der Waals surface area contributed by atoms with Gasteiger partial charge in [-0.1, -0.05) is 25.8 Å². The number of carboxylic acid groups (broad SMARTS) is 1. The number of unbranched alkanes of at least 4 members (excludes halogenated alkanes) is 2. The van der Waals surface area contributed by atoms with Crippen molar-refractivity contribution in [3.8, 4) is 5.75 Å². The Hall–Kier alpha value is -2.14. The maximum atomic E-state index is 10.7. The first-order valence-corrected chi connectivity index (χ1v) is 10.6. The van der Waals surface area contributed by atoms with E-state index in [9.17, 15) is 4.79 Å². The highest BCUT2D eigenvalue weighted by molar-refractivity contribution is 5.85. The van der Waals surface area contributed by atoms with Gasteiger partial charge in [-0.15, -0.1) is 0 Å². The van der Waals surface area contributed by atoms with Crippen molar-refractivity contribution in [2.75, 3.05) is 19.6 Å². The summed E-state index contributed by atoms with van der Waals surface area (Å²) in [5, 5.41) is 9.93. The number of piperidine rings is 1. The van der Waals surface area contributed by atoms with Crippen molar-refractivity contribution in [2.45, 2.75) is 64.4 Å². The zero-order valence-corrected chi connectivity index (χ0v) is 16.9. The maximum Gasteiger partial charge on any atom is 0.303 e. The van der Waals surface area contributed by atoms with Crippen LogP contribution < -0.4 is 4.74 Å². The third-order valence-corrected chi connectivity index (χ3v) is 5.49. The highest BCUT2D eigenvalue weighted by Gasteiger charge is 2.21. The van der Waals surface area contributed by atoms with Crippen LogP contribution in [-0.2, 0) is 11.2 Å². The second kappa shape index (κ2) is 10.4. The van der Waals surface area contributed by atoms with Crippen LogP contribution in [0.15, 0.2) is 30.5 Å².